The number of nitrogens with zero attached hydrogens (tertiary/aromatic N) is 1. The number of carboxylic acids is 1. The van der Waals surface area contributed by atoms with Crippen LogP contribution < -0.4 is 0 Å². The van der Waals surface area contributed by atoms with Crippen molar-refractivity contribution in [2.45, 2.75) is 200 Å². The fourth-order valence-corrected chi connectivity index (χ4v) is 6.76. The van der Waals surface area contributed by atoms with E-state index in [2.05, 4.69) is 135 Å². The topological polar surface area (TPSA) is 108 Å². The van der Waals surface area contributed by atoms with Crippen molar-refractivity contribution >= 4 is 17.9 Å². The number of carboxylic acid groups (broad SMARTS) is 1. The minimum absolute atomic E-state index is 0.176. The number of ether oxygens (including phenoxy) is 4. The molecule has 2 atom stereocenters. The van der Waals surface area contributed by atoms with E-state index in [1.54, 1.807) is 0 Å². The number of hydrogen-bond acceptors (Lipinski definition) is 7. The predicted molar refractivity (Wildman–Crippen MR) is 294 cm³/mol. The van der Waals surface area contributed by atoms with Crippen molar-refractivity contribution in [3.8, 4) is 0 Å². The van der Waals surface area contributed by atoms with E-state index in [0.717, 1.165) is 128 Å². The van der Waals surface area contributed by atoms with Crippen LogP contribution in [0.1, 0.15) is 187 Å². The van der Waals surface area contributed by atoms with E-state index < -0.39 is 24.3 Å². The first-order chi connectivity index (χ1) is 34.1. The predicted octanol–water partition coefficient (Wildman–Crippen LogP) is 15.7. The number of hydrogen-bond donors (Lipinski definition) is 1. The summed E-state index contributed by atoms with van der Waals surface area (Å²) in [5.41, 5.74) is 0. The minimum atomic E-state index is -1.52. The van der Waals surface area contributed by atoms with Crippen LogP contribution in [0.3, 0.4) is 0 Å². The lowest BCUT2D eigenvalue weighted by Crippen LogP contribution is -2.40. The Bertz CT molecular complexity index is 1560. The van der Waals surface area contributed by atoms with E-state index in [9.17, 15) is 19.5 Å². The molecule has 0 bridgehead atoms. The zero-order chi connectivity index (χ0) is 51.3. The molecule has 1 N–H and O–H groups in total. The van der Waals surface area contributed by atoms with Crippen molar-refractivity contribution in [1.29, 1.82) is 0 Å². The number of likely N-dealkylation sites (N-methyl/N-ethyl adjacent to an activating group) is 1. The third kappa shape index (κ3) is 51.5. The molecule has 0 aromatic carbocycles. The Labute approximate surface area is 427 Å². The van der Waals surface area contributed by atoms with Gasteiger partial charge in [0, 0.05) is 12.8 Å². The van der Waals surface area contributed by atoms with Gasteiger partial charge < -0.3 is 28.5 Å². The molecular formula is C61H100NO8+. The van der Waals surface area contributed by atoms with Crippen LogP contribution in [-0.4, -0.2) is 87.4 Å². The van der Waals surface area contributed by atoms with Crippen molar-refractivity contribution in [3.63, 3.8) is 0 Å². The summed E-state index contributed by atoms with van der Waals surface area (Å²) in [6.07, 6.45) is 68.5. The third-order valence-electron chi connectivity index (χ3n) is 11.0. The van der Waals surface area contributed by atoms with Gasteiger partial charge in [0.25, 0.3) is 6.29 Å². The number of quaternary nitrogens is 1. The molecule has 0 radical (unpaired) electrons. The standard InChI is InChI=1S/C61H99NO8/c1-6-8-10-12-14-16-18-20-21-22-23-24-25-26-27-28-29-30-31-32-33-34-35-36-37-38-39-40-42-44-46-48-50-52-59(64)70-57(56-69-61(60(65)66)67-54-53-62(3,4)5)55-68-58(63)51-49-47-45-43-41-19-17-15-13-11-9-7-2/h8,10,14-17,20-21,23-24,26-27,29-30,32-33,35-36,38-39,57,61H,6-7,9,11-13,18-19,22,25,28,31,34,37,40-56H2,1-5H3/p+1/b10-8-,16-14-,17-15-,21-20-,24-23-,27-26-,30-29-,33-32-,36-35-,39-38-. The molecule has 0 saturated carbocycles. The molecule has 9 heteroatoms. The molecule has 2 unspecified atom stereocenters. The first kappa shape index (κ1) is 65.7. The highest BCUT2D eigenvalue weighted by Gasteiger charge is 2.25. The Morgan fingerprint density at radius 3 is 1.23 bits per heavy atom. The lowest BCUT2D eigenvalue weighted by atomic mass is 10.1. The average molecular weight is 975 g/mol. The fourth-order valence-electron chi connectivity index (χ4n) is 6.76. The van der Waals surface area contributed by atoms with Crippen molar-refractivity contribution in [2.24, 2.45) is 0 Å². The van der Waals surface area contributed by atoms with Gasteiger partial charge in [0.05, 0.1) is 34.4 Å². The smallest absolute Gasteiger partial charge is 0.361 e. The fraction of sp³-hybridized carbons (Fsp3) is 0.623. The van der Waals surface area contributed by atoms with E-state index in [1.807, 2.05) is 21.1 Å². The first-order valence-electron chi connectivity index (χ1n) is 27.2. The van der Waals surface area contributed by atoms with E-state index >= 15 is 0 Å². The van der Waals surface area contributed by atoms with Gasteiger partial charge in [-0.15, -0.1) is 0 Å². The molecule has 0 fully saturated rings. The number of allylic oxidation sites excluding steroid dienone is 20. The summed E-state index contributed by atoms with van der Waals surface area (Å²) >= 11 is 0. The van der Waals surface area contributed by atoms with Crippen molar-refractivity contribution in [1.82, 2.24) is 0 Å². The molecule has 0 aliphatic carbocycles. The maximum Gasteiger partial charge on any atom is 0.361 e. The van der Waals surface area contributed by atoms with Crippen LogP contribution in [0.15, 0.2) is 122 Å². The molecule has 70 heavy (non-hydrogen) atoms. The first-order valence-corrected chi connectivity index (χ1v) is 27.2. The highest BCUT2D eigenvalue weighted by Crippen LogP contribution is 2.13. The van der Waals surface area contributed by atoms with Crippen LogP contribution in [0.2, 0.25) is 0 Å². The molecule has 0 aliphatic rings. The van der Waals surface area contributed by atoms with E-state index in [4.69, 9.17) is 18.9 Å². The van der Waals surface area contributed by atoms with Gasteiger partial charge in [-0.1, -0.05) is 187 Å². The van der Waals surface area contributed by atoms with Gasteiger partial charge in [0.2, 0.25) is 0 Å². The summed E-state index contributed by atoms with van der Waals surface area (Å²) in [6.45, 7) is 4.67. The second-order valence-electron chi connectivity index (χ2n) is 18.8. The SMILES string of the molecule is CC/C=C\C/C=C\C/C=C\C/C=C\C/C=C\C/C=C\C/C=C\C/C=C\C/C=C\CCCCCCCC(=O)OC(COC(=O)CCCCCCC/C=C\CCCCC)COC(OCC[N+](C)(C)C)C(=O)O. The molecule has 0 aromatic rings. The minimum Gasteiger partial charge on any atom is -0.477 e. The summed E-state index contributed by atoms with van der Waals surface area (Å²) in [5, 5.41) is 9.67. The Kier molecular flexibility index (Phi) is 47.9. The summed E-state index contributed by atoms with van der Waals surface area (Å²) < 4.78 is 22.7. The highest BCUT2D eigenvalue weighted by molar-refractivity contribution is 5.71. The molecule has 0 heterocycles. The van der Waals surface area contributed by atoms with E-state index in [-0.39, 0.29) is 38.6 Å². The second-order valence-corrected chi connectivity index (χ2v) is 18.8. The summed E-state index contributed by atoms with van der Waals surface area (Å²) in [5.74, 6) is -2.06. The van der Waals surface area contributed by atoms with Gasteiger partial charge in [0.1, 0.15) is 13.2 Å². The number of carbonyl (C=O) groups excluding carboxylic acids is 2. The lowest BCUT2D eigenvalue weighted by molar-refractivity contribution is -0.870. The largest absolute Gasteiger partial charge is 0.477 e. The molecule has 0 saturated heterocycles. The van der Waals surface area contributed by atoms with Crippen molar-refractivity contribution < 1.29 is 42.9 Å². The van der Waals surface area contributed by atoms with Gasteiger partial charge in [-0.05, 0) is 109 Å². The lowest BCUT2D eigenvalue weighted by Gasteiger charge is -2.25. The zero-order valence-electron chi connectivity index (χ0n) is 44.9. The zero-order valence-corrected chi connectivity index (χ0v) is 44.9. The van der Waals surface area contributed by atoms with Crippen LogP contribution in [0, 0.1) is 0 Å². The van der Waals surface area contributed by atoms with Gasteiger partial charge >= 0.3 is 17.9 Å². The average Bonchev–Trinajstić information content (AvgIpc) is 3.33. The molecule has 396 valence electrons. The Balaban J connectivity index is 4.30. The Morgan fingerprint density at radius 1 is 0.443 bits per heavy atom. The normalized spacial score (nSPS) is 13.8. The summed E-state index contributed by atoms with van der Waals surface area (Å²) in [6, 6.07) is 0. The monoisotopic (exact) mass is 975 g/mol. The highest BCUT2D eigenvalue weighted by atomic mass is 16.7. The van der Waals surface area contributed by atoms with Crippen LogP contribution in [0.4, 0.5) is 0 Å². The molecular weight excluding hydrogens is 875 g/mol. The number of rotatable bonds is 48. The van der Waals surface area contributed by atoms with Crippen molar-refractivity contribution in [3.05, 3.63) is 122 Å². The number of carbonyl (C=O) groups is 3. The van der Waals surface area contributed by atoms with Gasteiger partial charge in [-0.2, -0.15) is 0 Å². The number of aliphatic carboxylic acids is 1. The Hall–Kier alpha value is -4.31. The Morgan fingerprint density at radius 2 is 0.814 bits per heavy atom. The quantitative estimate of drug-likeness (QED) is 0.0211. The van der Waals surface area contributed by atoms with Crippen LogP contribution in [0.5, 0.6) is 0 Å². The van der Waals surface area contributed by atoms with Gasteiger partial charge in [0.15, 0.2) is 6.10 Å². The summed E-state index contributed by atoms with van der Waals surface area (Å²) in [7, 11) is 5.94. The molecule has 0 rings (SSSR count). The van der Waals surface area contributed by atoms with Crippen LogP contribution in [-0.2, 0) is 33.3 Å². The van der Waals surface area contributed by atoms with E-state index in [0.29, 0.717) is 17.4 Å². The summed E-state index contributed by atoms with van der Waals surface area (Å²) in [4.78, 5) is 37.2. The van der Waals surface area contributed by atoms with Gasteiger partial charge in [-0.3, -0.25) is 9.59 Å². The molecule has 0 aliphatic heterocycles. The molecule has 9 nitrogen and oxygen atoms in total. The maximum atomic E-state index is 12.8. The third-order valence-corrected chi connectivity index (χ3v) is 11.0. The molecule has 0 amide bonds. The van der Waals surface area contributed by atoms with Crippen LogP contribution >= 0.6 is 0 Å². The molecule has 0 spiro atoms. The van der Waals surface area contributed by atoms with Crippen LogP contribution in [0.25, 0.3) is 0 Å². The second kappa shape index (κ2) is 51.1. The van der Waals surface area contributed by atoms with Crippen molar-refractivity contribution in [2.75, 3.05) is 47.5 Å². The number of esters is 2. The molecule has 0 aromatic heterocycles. The van der Waals surface area contributed by atoms with E-state index in [1.165, 1.54) is 25.7 Å². The maximum absolute atomic E-state index is 12.8. The number of unbranched alkanes of at least 4 members (excludes halogenated alkanes) is 13. The van der Waals surface area contributed by atoms with Gasteiger partial charge in [-0.25, -0.2) is 4.79 Å².